The molecule has 0 fully saturated rings. The average molecular weight is 218 g/mol. The van der Waals surface area contributed by atoms with Gasteiger partial charge in [-0.3, -0.25) is 4.79 Å². The van der Waals surface area contributed by atoms with Crippen molar-refractivity contribution < 1.29 is 9.18 Å². The molecular weight excluding hydrogens is 207 g/mol. The molecule has 0 saturated carbocycles. The molecule has 0 aliphatic rings. The van der Waals surface area contributed by atoms with Crippen molar-refractivity contribution in [2.75, 3.05) is 0 Å². The van der Waals surface area contributed by atoms with Gasteiger partial charge in [-0.05, 0) is 30.2 Å². The first-order chi connectivity index (χ1) is 7.70. The van der Waals surface area contributed by atoms with E-state index in [9.17, 15) is 9.18 Å². The van der Waals surface area contributed by atoms with E-state index in [1.165, 1.54) is 12.1 Å². The first-order valence-electron chi connectivity index (χ1n) is 4.92. The highest BCUT2D eigenvalue weighted by molar-refractivity contribution is 5.69. The summed E-state index contributed by atoms with van der Waals surface area (Å²) >= 11 is 0. The van der Waals surface area contributed by atoms with E-state index < -0.39 is 0 Å². The number of benzene rings is 1. The van der Waals surface area contributed by atoms with Crippen molar-refractivity contribution in [3.8, 4) is 0 Å². The van der Waals surface area contributed by atoms with Gasteiger partial charge in [-0.15, -0.1) is 0 Å². The monoisotopic (exact) mass is 218 g/mol. The van der Waals surface area contributed by atoms with Crippen molar-refractivity contribution in [1.82, 2.24) is 9.55 Å². The van der Waals surface area contributed by atoms with E-state index >= 15 is 0 Å². The quantitative estimate of drug-likeness (QED) is 0.740. The summed E-state index contributed by atoms with van der Waals surface area (Å²) < 4.78 is 14.8. The number of halogens is 1. The van der Waals surface area contributed by atoms with E-state index in [4.69, 9.17) is 0 Å². The normalized spacial score (nSPS) is 10.4. The highest BCUT2D eigenvalue weighted by Gasteiger charge is 2.05. The average Bonchev–Trinajstić information content (AvgIpc) is 2.71. The van der Waals surface area contributed by atoms with Crippen molar-refractivity contribution in [2.24, 2.45) is 0 Å². The minimum Gasteiger partial charge on any atom is -0.324 e. The maximum absolute atomic E-state index is 13.1. The van der Waals surface area contributed by atoms with Crippen LogP contribution < -0.4 is 0 Å². The Morgan fingerprint density at radius 2 is 2.31 bits per heavy atom. The van der Waals surface area contributed by atoms with E-state index in [0.29, 0.717) is 18.7 Å². The predicted octanol–water partition coefficient (Wildman–Crippen LogP) is 2.19. The van der Waals surface area contributed by atoms with Crippen LogP contribution in [0.4, 0.5) is 4.39 Å². The molecule has 1 aromatic heterocycles. The molecule has 0 bridgehead atoms. The minimum atomic E-state index is -0.270. The van der Waals surface area contributed by atoms with Crippen LogP contribution in [0.25, 0.3) is 0 Å². The number of aromatic nitrogens is 2. The molecule has 3 nitrogen and oxygen atoms in total. The zero-order chi connectivity index (χ0) is 11.5. The Morgan fingerprint density at radius 3 is 3.06 bits per heavy atom. The van der Waals surface area contributed by atoms with Crippen LogP contribution in [0.1, 0.15) is 21.7 Å². The fraction of sp³-hybridized carbons (Fsp3) is 0.167. The molecule has 4 heteroatoms. The van der Waals surface area contributed by atoms with Crippen molar-refractivity contribution >= 4 is 6.29 Å². The molecule has 0 N–H and O–H groups in total. The Kier molecular flexibility index (Phi) is 2.81. The summed E-state index contributed by atoms with van der Waals surface area (Å²) in [6.07, 6.45) is 3.95. The van der Waals surface area contributed by atoms with Crippen LogP contribution in [0, 0.1) is 12.7 Å². The largest absolute Gasteiger partial charge is 0.324 e. The van der Waals surface area contributed by atoms with Gasteiger partial charge in [0.05, 0.1) is 0 Å². The molecule has 0 radical (unpaired) electrons. The Hall–Kier alpha value is -1.97. The van der Waals surface area contributed by atoms with Gasteiger partial charge in [0.1, 0.15) is 5.82 Å². The molecule has 16 heavy (non-hydrogen) atoms. The van der Waals surface area contributed by atoms with Crippen molar-refractivity contribution in [3.63, 3.8) is 0 Å². The molecule has 0 aliphatic heterocycles. The summed E-state index contributed by atoms with van der Waals surface area (Å²) in [7, 11) is 0. The smallest absolute Gasteiger partial charge is 0.185 e. The molecule has 0 saturated heterocycles. The molecule has 2 aromatic rings. The number of carbonyl (C=O) groups excluding carboxylic acids is 1. The van der Waals surface area contributed by atoms with Crippen LogP contribution in [0.5, 0.6) is 0 Å². The minimum absolute atomic E-state index is 0.270. The number of hydrogen-bond acceptors (Lipinski definition) is 2. The standard InChI is InChI=1S/C12H11FN2O/c1-9-2-3-11(13)6-10(9)7-15-5-4-14-12(15)8-16/h2-6,8H,7H2,1H3. The molecule has 1 heterocycles. The van der Waals surface area contributed by atoms with E-state index in [2.05, 4.69) is 4.98 Å². The number of aryl methyl sites for hydroxylation is 1. The second-order valence-corrected chi connectivity index (χ2v) is 3.60. The Labute approximate surface area is 92.5 Å². The molecule has 0 atom stereocenters. The van der Waals surface area contributed by atoms with Gasteiger partial charge in [-0.1, -0.05) is 6.07 Å². The predicted molar refractivity (Wildman–Crippen MR) is 57.9 cm³/mol. The Morgan fingerprint density at radius 1 is 1.50 bits per heavy atom. The second kappa shape index (κ2) is 4.26. The van der Waals surface area contributed by atoms with Gasteiger partial charge in [-0.2, -0.15) is 0 Å². The van der Waals surface area contributed by atoms with Crippen LogP contribution in [0.3, 0.4) is 0 Å². The number of imidazole rings is 1. The number of hydrogen-bond donors (Lipinski definition) is 0. The summed E-state index contributed by atoms with van der Waals surface area (Å²) in [6, 6.07) is 4.62. The summed E-state index contributed by atoms with van der Waals surface area (Å²) in [6.45, 7) is 2.37. The van der Waals surface area contributed by atoms with E-state index in [0.717, 1.165) is 11.1 Å². The lowest BCUT2D eigenvalue weighted by Crippen LogP contribution is -2.05. The highest BCUT2D eigenvalue weighted by atomic mass is 19.1. The fourth-order valence-electron chi connectivity index (χ4n) is 1.57. The van der Waals surface area contributed by atoms with Gasteiger partial charge < -0.3 is 4.57 Å². The molecule has 1 aromatic carbocycles. The Balaban J connectivity index is 2.33. The van der Waals surface area contributed by atoms with Gasteiger partial charge in [0, 0.05) is 18.9 Å². The van der Waals surface area contributed by atoms with Crippen molar-refractivity contribution in [1.29, 1.82) is 0 Å². The van der Waals surface area contributed by atoms with Crippen LogP contribution in [-0.2, 0) is 6.54 Å². The summed E-state index contributed by atoms with van der Waals surface area (Å²) in [5, 5.41) is 0. The first kappa shape index (κ1) is 10.5. The van der Waals surface area contributed by atoms with Crippen molar-refractivity contribution in [3.05, 3.63) is 53.4 Å². The third-order valence-electron chi connectivity index (χ3n) is 2.50. The zero-order valence-electron chi connectivity index (χ0n) is 8.85. The Bertz CT molecular complexity index is 519. The molecule has 0 spiro atoms. The second-order valence-electron chi connectivity index (χ2n) is 3.60. The topological polar surface area (TPSA) is 34.9 Å². The van der Waals surface area contributed by atoms with Crippen molar-refractivity contribution in [2.45, 2.75) is 13.5 Å². The van der Waals surface area contributed by atoms with Gasteiger partial charge in [0.2, 0.25) is 0 Å². The van der Waals surface area contributed by atoms with E-state index in [1.54, 1.807) is 23.0 Å². The molecule has 0 unspecified atom stereocenters. The van der Waals surface area contributed by atoms with E-state index in [1.807, 2.05) is 6.92 Å². The highest BCUT2D eigenvalue weighted by Crippen LogP contribution is 2.12. The molecular formula is C12H11FN2O. The maximum atomic E-state index is 13.1. The molecule has 2 rings (SSSR count). The SMILES string of the molecule is Cc1ccc(F)cc1Cn1ccnc1C=O. The summed E-state index contributed by atoms with van der Waals surface area (Å²) in [4.78, 5) is 14.6. The van der Waals surface area contributed by atoms with Gasteiger partial charge in [-0.25, -0.2) is 9.37 Å². The summed E-state index contributed by atoms with van der Waals surface area (Å²) in [5.41, 5.74) is 1.84. The number of carbonyl (C=O) groups is 1. The van der Waals surface area contributed by atoms with Gasteiger partial charge in [0.15, 0.2) is 12.1 Å². The fourth-order valence-corrected chi connectivity index (χ4v) is 1.57. The third kappa shape index (κ3) is 2.00. The maximum Gasteiger partial charge on any atom is 0.185 e. The number of aldehydes is 1. The number of rotatable bonds is 3. The van der Waals surface area contributed by atoms with Gasteiger partial charge in [0.25, 0.3) is 0 Å². The van der Waals surface area contributed by atoms with Gasteiger partial charge >= 0.3 is 0 Å². The molecule has 0 amide bonds. The van der Waals surface area contributed by atoms with Crippen LogP contribution in [0.15, 0.2) is 30.6 Å². The third-order valence-corrected chi connectivity index (χ3v) is 2.50. The zero-order valence-corrected chi connectivity index (χ0v) is 8.85. The lowest BCUT2D eigenvalue weighted by atomic mass is 10.1. The lowest BCUT2D eigenvalue weighted by molar-refractivity contribution is 0.111. The lowest BCUT2D eigenvalue weighted by Gasteiger charge is -2.07. The molecule has 0 aliphatic carbocycles. The first-order valence-corrected chi connectivity index (χ1v) is 4.92. The van der Waals surface area contributed by atoms with Crippen LogP contribution in [-0.4, -0.2) is 15.8 Å². The summed E-state index contributed by atoms with van der Waals surface area (Å²) in [5.74, 6) is 0.0806. The molecule has 82 valence electrons. The number of nitrogens with zero attached hydrogens (tertiary/aromatic N) is 2. The van der Waals surface area contributed by atoms with E-state index in [-0.39, 0.29) is 5.82 Å². The van der Waals surface area contributed by atoms with Crippen LogP contribution in [0.2, 0.25) is 0 Å². The van der Waals surface area contributed by atoms with Crippen LogP contribution >= 0.6 is 0 Å².